The highest BCUT2D eigenvalue weighted by Crippen LogP contribution is 2.18. The minimum atomic E-state index is -0.803. The van der Waals surface area contributed by atoms with E-state index in [4.69, 9.17) is 14.2 Å². The van der Waals surface area contributed by atoms with Gasteiger partial charge in [-0.15, -0.1) is 0 Å². The summed E-state index contributed by atoms with van der Waals surface area (Å²) in [5, 5.41) is 0. The van der Waals surface area contributed by atoms with Gasteiger partial charge in [0, 0.05) is 12.3 Å². The lowest BCUT2D eigenvalue weighted by molar-refractivity contribution is -0.128. The molecule has 2 N–H and O–H groups in total. The lowest BCUT2D eigenvalue weighted by Gasteiger charge is -2.15. The van der Waals surface area contributed by atoms with Crippen molar-refractivity contribution in [1.29, 1.82) is 0 Å². The Morgan fingerprint density at radius 2 is 1.77 bits per heavy atom. The van der Waals surface area contributed by atoms with Crippen LogP contribution in [0, 0.1) is 0 Å². The number of aromatic nitrogens is 1. The maximum absolute atomic E-state index is 12.0. The maximum Gasteiger partial charge on any atom is 0.279 e. The number of benzene rings is 1. The van der Waals surface area contributed by atoms with E-state index in [0.717, 1.165) is 5.75 Å². The molecule has 1 aromatic carbocycles. The quantitative estimate of drug-likeness (QED) is 0.731. The first-order chi connectivity index (χ1) is 12.5. The predicted molar refractivity (Wildman–Crippen MR) is 94.1 cm³/mol. The SMILES string of the molecule is CCOc1ccc(OC(C)C(=O)NNC(=O)c2ccc(OC)nc2)cc1. The van der Waals surface area contributed by atoms with Crippen LogP contribution in [0.15, 0.2) is 42.6 Å². The zero-order valence-corrected chi connectivity index (χ0v) is 14.8. The Morgan fingerprint density at radius 3 is 2.35 bits per heavy atom. The van der Waals surface area contributed by atoms with Crippen molar-refractivity contribution in [2.24, 2.45) is 0 Å². The zero-order chi connectivity index (χ0) is 18.9. The van der Waals surface area contributed by atoms with Gasteiger partial charge in [0.2, 0.25) is 5.88 Å². The van der Waals surface area contributed by atoms with Gasteiger partial charge in [-0.1, -0.05) is 0 Å². The highest BCUT2D eigenvalue weighted by molar-refractivity contribution is 5.95. The van der Waals surface area contributed by atoms with Crippen LogP contribution in [0.2, 0.25) is 0 Å². The van der Waals surface area contributed by atoms with E-state index in [1.807, 2.05) is 6.92 Å². The summed E-state index contributed by atoms with van der Waals surface area (Å²) in [5.41, 5.74) is 4.91. The number of nitrogens with zero attached hydrogens (tertiary/aromatic N) is 1. The normalized spacial score (nSPS) is 11.2. The van der Waals surface area contributed by atoms with Gasteiger partial charge in [0.1, 0.15) is 11.5 Å². The van der Waals surface area contributed by atoms with Crippen LogP contribution in [0.5, 0.6) is 17.4 Å². The predicted octanol–water partition coefficient (Wildman–Crippen LogP) is 1.72. The Kier molecular flexibility index (Phi) is 6.78. The van der Waals surface area contributed by atoms with Gasteiger partial charge in [-0.25, -0.2) is 4.98 Å². The molecule has 0 spiro atoms. The molecule has 0 aliphatic heterocycles. The zero-order valence-electron chi connectivity index (χ0n) is 14.8. The van der Waals surface area contributed by atoms with Crippen LogP contribution in [0.4, 0.5) is 0 Å². The Morgan fingerprint density at radius 1 is 1.08 bits per heavy atom. The minimum absolute atomic E-state index is 0.284. The third kappa shape index (κ3) is 5.37. The van der Waals surface area contributed by atoms with Crippen molar-refractivity contribution in [2.45, 2.75) is 20.0 Å². The molecule has 0 aliphatic carbocycles. The number of hydrogen-bond acceptors (Lipinski definition) is 6. The topological polar surface area (TPSA) is 98.8 Å². The first-order valence-corrected chi connectivity index (χ1v) is 8.03. The van der Waals surface area contributed by atoms with Gasteiger partial charge in [-0.05, 0) is 44.2 Å². The van der Waals surface area contributed by atoms with Crippen LogP contribution >= 0.6 is 0 Å². The van der Waals surface area contributed by atoms with Gasteiger partial charge in [-0.2, -0.15) is 0 Å². The molecule has 2 aromatic rings. The lowest BCUT2D eigenvalue weighted by Crippen LogP contribution is -2.47. The van der Waals surface area contributed by atoms with Crippen molar-refractivity contribution < 1.29 is 23.8 Å². The highest BCUT2D eigenvalue weighted by Gasteiger charge is 2.16. The van der Waals surface area contributed by atoms with E-state index in [1.54, 1.807) is 37.3 Å². The standard InChI is InChI=1S/C18H21N3O5/c1-4-25-14-6-8-15(9-7-14)26-12(2)17(22)20-21-18(23)13-5-10-16(24-3)19-11-13/h5-12H,4H2,1-3H3,(H,20,22)(H,21,23). The van der Waals surface area contributed by atoms with Crippen molar-refractivity contribution in [3.05, 3.63) is 48.2 Å². The summed E-state index contributed by atoms with van der Waals surface area (Å²) in [7, 11) is 1.48. The van der Waals surface area contributed by atoms with Crippen LogP contribution in [-0.4, -0.2) is 36.6 Å². The van der Waals surface area contributed by atoms with E-state index >= 15 is 0 Å². The fourth-order valence-corrected chi connectivity index (χ4v) is 1.97. The van der Waals surface area contributed by atoms with Gasteiger partial charge >= 0.3 is 0 Å². The van der Waals surface area contributed by atoms with Gasteiger partial charge in [0.05, 0.1) is 19.3 Å². The molecule has 0 saturated carbocycles. The van der Waals surface area contributed by atoms with Gasteiger partial charge in [-0.3, -0.25) is 20.4 Å². The highest BCUT2D eigenvalue weighted by atomic mass is 16.5. The third-order valence-corrected chi connectivity index (χ3v) is 3.32. The Hall–Kier alpha value is -3.29. The van der Waals surface area contributed by atoms with E-state index in [9.17, 15) is 9.59 Å². The van der Waals surface area contributed by atoms with Crippen LogP contribution in [0.1, 0.15) is 24.2 Å². The number of rotatable bonds is 7. The molecule has 0 radical (unpaired) electrons. The molecule has 2 rings (SSSR count). The molecule has 26 heavy (non-hydrogen) atoms. The number of hydrogen-bond donors (Lipinski definition) is 2. The summed E-state index contributed by atoms with van der Waals surface area (Å²) < 4.78 is 15.8. The third-order valence-electron chi connectivity index (χ3n) is 3.32. The molecule has 8 nitrogen and oxygen atoms in total. The summed E-state index contributed by atoms with van der Waals surface area (Å²) in [6.45, 7) is 4.04. The second kappa shape index (κ2) is 9.26. The Bertz CT molecular complexity index is 731. The molecule has 0 bridgehead atoms. The number of carbonyl (C=O) groups is 2. The van der Waals surface area contributed by atoms with Crippen molar-refractivity contribution in [3.8, 4) is 17.4 Å². The summed E-state index contributed by atoms with van der Waals surface area (Å²) in [5.74, 6) is 0.637. The van der Waals surface area contributed by atoms with Crippen molar-refractivity contribution in [3.63, 3.8) is 0 Å². The molecule has 8 heteroatoms. The molecule has 1 atom stereocenters. The van der Waals surface area contributed by atoms with Crippen molar-refractivity contribution >= 4 is 11.8 Å². The van der Waals surface area contributed by atoms with E-state index < -0.39 is 17.9 Å². The molecule has 1 unspecified atom stereocenters. The number of ether oxygens (including phenoxy) is 3. The van der Waals surface area contributed by atoms with Crippen molar-refractivity contribution in [1.82, 2.24) is 15.8 Å². The van der Waals surface area contributed by atoms with E-state index in [0.29, 0.717) is 18.2 Å². The van der Waals surface area contributed by atoms with Gasteiger partial charge < -0.3 is 14.2 Å². The molecular formula is C18H21N3O5. The Labute approximate surface area is 151 Å². The molecule has 1 heterocycles. The van der Waals surface area contributed by atoms with Crippen LogP contribution in [-0.2, 0) is 4.79 Å². The fraction of sp³-hybridized carbons (Fsp3) is 0.278. The number of hydrazine groups is 1. The molecule has 0 saturated heterocycles. The van der Waals surface area contributed by atoms with Crippen LogP contribution < -0.4 is 25.1 Å². The summed E-state index contributed by atoms with van der Waals surface area (Å²) >= 11 is 0. The van der Waals surface area contributed by atoms with Gasteiger partial charge in [0.15, 0.2) is 6.10 Å². The van der Waals surface area contributed by atoms with E-state index in [2.05, 4.69) is 15.8 Å². The number of methoxy groups -OCH3 is 1. The second-order valence-electron chi connectivity index (χ2n) is 5.20. The number of nitrogens with one attached hydrogen (secondary N) is 2. The fourth-order valence-electron chi connectivity index (χ4n) is 1.97. The van der Waals surface area contributed by atoms with Crippen molar-refractivity contribution in [2.75, 3.05) is 13.7 Å². The summed E-state index contributed by atoms with van der Waals surface area (Å²) in [4.78, 5) is 27.9. The molecule has 1 aromatic heterocycles. The Balaban J connectivity index is 1.83. The van der Waals surface area contributed by atoms with Crippen LogP contribution in [0.3, 0.4) is 0 Å². The summed E-state index contributed by atoms with van der Waals surface area (Å²) in [6, 6.07) is 10.00. The molecule has 0 fully saturated rings. The van der Waals surface area contributed by atoms with E-state index in [-0.39, 0.29) is 5.56 Å². The number of carbonyl (C=O) groups excluding carboxylic acids is 2. The molecule has 0 aliphatic rings. The molecule has 2 amide bonds. The second-order valence-corrected chi connectivity index (χ2v) is 5.20. The average molecular weight is 359 g/mol. The minimum Gasteiger partial charge on any atom is -0.494 e. The number of amides is 2. The monoisotopic (exact) mass is 359 g/mol. The largest absolute Gasteiger partial charge is 0.494 e. The van der Waals surface area contributed by atoms with E-state index in [1.165, 1.54) is 19.4 Å². The molecule has 138 valence electrons. The average Bonchev–Trinajstić information content (AvgIpc) is 2.67. The first-order valence-electron chi connectivity index (χ1n) is 8.03. The first kappa shape index (κ1) is 19.0. The maximum atomic E-state index is 12.0. The lowest BCUT2D eigenvalue weighted by atomic mass is 10.3. The van der Waals surface area contributed by atoms with Gasteiger partial charge in [0.25, 0.3) is 11.8 Å². The molecular weight excluding hydrogens is 338 g/mol. The number of pyridine rings is 1. The summed E-state index contributed by atoms with van der Waals surface area (Å²) in [6.07, 6.45) is 0.544. The van der Waals surface area contributed by atoms with Crippen LogP contribution in [0.25, 0.3) is 0 Å². The smallest absolute Gasteiger partial charge is 0.279 e.